The molecule has 2 aromatic rings. The van der Waals surface area contributed by atoms with Gasteiger partial charge in [0.25, 0.3) is 0 Å². The molecule has 0 aliphatic carbocycles. The first-order chi connectivity index (χ1) is 14.0. The predicted molar refractivity (Wildman–Crippen MR) is 119 cm³/mol. The maximum absolute atomic E-state index is 5.86. The third-order valence-corrected chi connectivity index (χ3v) is 5.22. The van der Waals surface area contributed by atoms with Crippen molar-refractivity contribution < 1.29 is 4.74 Å². The highest BCUT2D eigenvalue weighted by Crippen LogP contribution is 2.29. The average molecular weight is 399 g/mol. The Morgan fingerprint density at radius 3 is 2.69 bits per heavy atom. The lowest BCUT2D eigenvalue weighted by atomic mass is 10.0. The summed E-state index contributed by atoms with van der Waals surface area (Å²) in [5, 5.41) is 8.75. The Bertz CT molecular complexity index is 848. The molecule has 1 aliphatic rings. The number of aromatic amines is 1. The normalized spacial score (nSPS) is 17.6. The molecule has 1 aromatic heterocycles. The highest BCUT2D eigenvalue weighted by molar-refractivity contribution is 5.83. The number of aromatic nitrogens is 2. The fourth-order valence-electron chi connectivity index (χ4n) is 3.83. The molecule has 0 saturated carbocycles. The van der Waals surface area contributed by atoms with Gasteiger partial charge in [0.2, 0.25) is 0 Å². The molecule has 158 valence electrons. The van der Waals surface area contributed by atoms with Gasteiger partial charge in [0.05, 0.1) is 18.0 Å². The lowest BCUT2D eigenvalue weighted by Gasteiger charge is -2.36. The lowest BCUT2D eigenvalue weighted by molar-refractivity contribution is 0.158. The number of hydrogen-bond donors (Lipinski definition) is 2. The largest absolute Gasteiger partial charge is 0.491 e. The van der Waals surface area contributed by atoms with Crippen LogP contribution in [0.2, 0.25) is 0 Å². The van der Waals surface area contributed by atoms with Gasteiger partial charge in [0.15, 0.2) is 0 Å². The van der Waals surface area contributed by atoms with E-state index in [-0.39, 0.29) is 12.0 Å². The van der Waals surface area contributed by atoms with Crippen molar-refractivity contribution in [3.63, 3.8) is 0 Å². The third kappa shape index (κ3) is 5.29. The van der Waals surface area contributed by atoms with Crippen molar-refractivity contribution in [2.45, 2.75) is 46.1 Å². The monoisotopic (exact) mass is 398 g/mol. The summed E-state index contributed by atoms with van der Waals surface area (Å²) >= 11 is 0. The standard InChI is InChI=1S/C22H34N6O/c1-5-8-27-9-11-28(12-10-27)21(24-15-23)13-17(4)22-19-14-18(29-16(2)3)6-7-20(19)25-26-22/h6-7,13-17H,5,8-12H2,1-4H3,(H2,23,24)(H,25,26)/b21-13+. The minimum atomic E-state index is 0.113. The van der Waals surface area contributed by atoms with Crippen molar-refractivity contribution in [3.8, 4) is 5.75 Å². The Labute approximate surface area is 173 Å². The van der Waals surface area contributed by atoms with Crippen LogP contribution in [0.4, 0.5) is 0 Å². The third-order valence-electron chi connectivity index (χ3n) is 5.22. The maximum Gasteiger partial charge on any atom is 0.126 e. The Morgan fingerprint density at radius 1 is 1.28 bits per heavy atom. The van der Waals surface area contributed by atoms with Crippen LogP contribution in [0, 0.1) is 0 Å². The molecule has 1 fully saturated rings. The van der Waals surface area contributed by atoms with E-state index < -0.39 is 0 Å². The molecule has 0 amide bonds. The predicted octanol–water partition coefficient (Wildman–Crippen LogP) is 3.31. The average Bonchev–Trinajstić information content (AvgIpc) is 3.11. The van der Waals surface area contributed by atoms with Crippen molar-refractivity contribution in [2.75, 3.05) is 32.7 Å². The molecule has 2 heterocycles. The summed E-state index contributed by atoms with van der Waals surface area (Å²) in [5.74, 6) is 1.90. The van der Waals surface area contributed by atoms with Gasteiger partial charge >= 0.3 is 0 Å². The van der Waals surface area contributed by atoms with E-state index in [0.717, 1.165) is 60.9 Å². The number of nitrogens with two attached hydrogens (primary N) is 1. The quantitative estimate of drug-likeness (QED) is 0.527. The first kappa shape index (κ1) is 21.2. The van der Waals surface area contributed by atoms with Gasteiger partial charge in [0, 0.05) is 43.2 Å². The van der Waals surface area contributed by atoms with Gasteiger partial charge in [-0.1, -0.05) is 13.8 Å². The summed E-state index contributed by atoms with van der Waals surface area (Å²) < 4.78 is 5.86. The van der Waals surface area contributed by atoms with E-state index >= 15 is 0 Å². The Hall–Kier alpha value is -2.54. The molecule has 7 heteroatoms. The summed E-state index contributed by atoms with van der Waals surface area (Å²) in [7, 11) is 0. The summed E-state index contributed by atoms with van der Waals surface area (Å²) in [5.41, 5.74) is 7.65. The highest BCUT2D eigenvalue weighted by Gasteiger charge is 2.20. The van der Waals surface area contributed by atoms with Crippen molar-refractivity contribution in [1.29, 1.82) is 0 Å². The second-order valence-electron chi connectivity index (χ2n) is 7.90. The van der Waals surface area contributed by atoms with E-state index in [1.807, 2.05) is 26.0 Å². The summed E-state index contributed by atoms with van der Waals surface area (Å²) in [4.78, 5) is 9.29. The fraction of sp³-hybridized carbons (Fsp3) is 0.545. The van der Waals surface area contributed by atoms with E-state index in [1.54, 1.807) is 0 Å². The molecular weight excluding hydrogens is 364 g/mol. The molecule has 29 heavy (non-hydrogen) atoms. The summed E-state index contributed by atoms with van der Waals surface area (Å²) in [6.45, 7) is 13.6. The number of hydrogen-bond acceptors (Lipinski definition) is 5. The highest BCUT2D eigenvalue weighted by atomic mass is 16.5. The van der Waals surface area contributed by atoms with E-state index in [4.69, 9.17) is 10.5 Å². The van der Waals surface area contributed by atoms with Gasteiger partial charge in [-0.05, 0) is 51.1 Å². The van der Waals surface area contributed by atoms with Crippen LogP contribution in [-0.4, -0.2) is 65.2 Å². The van der Waals surface area contributed by atoms with Gasteiger partial charge in [-0.3, -0.25) is 10.00 Å². The molecule has 0 bridgehead atoms. The first-order valence-corrected chi connectivity index (χ1v) is 10.6. The van der Waals surface area contributed by atoms with E-state index in [9.17, 15) is 0 Å². The first-order valence-electron chi connectivity index (χ1n) is 10.6. The van der Waals surface area contributed by atoms with Gasteiger partial charge in [-0.25, -0.2) is 4.99 Å². The SMILES string of the molecule is CCCN1CCN(C(=C/C(C)c2[nH]nc3ccc(OC(C)C)cc23)/N=C\N)CC1. The number of benzene rings is 1. The number of piperazine rings is 1. The number of H-pyrrole nitrogens is 1. The van der Waals surface area contributed by atoms with Gasteiger partial charge in [-0.15, -0.1) is 0 Å². The molecule has 1 saturated heterocycles. The van der Waals surface area contributed by atoms with E-state index in [2.05, 4.69) is 51.0 Å². The van der Waals surface area contributed by atoms with Crippen LogP contribution in [0.1, 0.15) is 45.7 Å². The molecule has 0 radical (unpaired) electrons. The zero-order valence-electron chi connectivity index (χ0n) is 18.1. The number of nitrogens with one attached hydrogen (secondary N) is 1. The lowest BCUT2D eigenvalue weighted by Crippen LogP contribution is -2.45. The zero-order chi connectivity index (χ0) is 20.8. The molecular formula is C22H34N6O. The second-order valence-corrected chi connectivity index (χ2v) is 7.90. The molecule has 7 nitrogen and oxygen atoms in total. The van der Waals surface area contributed by atoms with Crippen LogP contribution >= 0.6 is 0 Å². The number of aliphatic imine (C=N–C) groups is 1. The van der Waals surface area contributed by atoms with Crippen LogP contribution in [0.5, 0.6) is 5.75 Å². The topological polar surface area (TPSA) is 82.8 Å². The minimum absolute atomic E-state index is 0.113. The van der Waals surface area contributed by atoms with Crippen molar-refractivity contribution >= 4 is 17.2 Å². The van der Waals surface area contributed by atoms with Gasteiger partial charge in [0.1, 0.15) is 11.6 Å². The van der Waals surface area contributed by atoms with Gasteiger partial charge < -0.3 is 15.4 Å². The zero-order valence-corrected chi connectivity index (χ0v) is 18.1. The summed E-state index contributed by atoms with van der Waals surface area (Å²) in [6.07, 6.45) is 4.88. The summed E-state index contributed by atoms with van der Waals surface area (Å²) in [6, 6.07) is 6.02. The Morgan fingerprint density at radius 2 is 2.03 bits per heavy atom. The molecule has 1 aliphatic heterocycles. The number of nitrogens with zero attached hydrogens (tertiary/aromatic N) is 4. The van der Waals surface area contributed by atoms with Crippen molar-refractivity contribution in [2.24, 2.45) is 10.7 Å². The molecule has 3 rings (SSSR count). The van der Waals surface area contributed by atoms with E-state index in [0.29, 0.717) is 0 Å². The number of ether oxygens (including phenoxy) is 1. The Kier molecular flexibility index (Phi) is 7.14. The molecule has 1 aromatic carbocycles. The second kappa shape index (κ2) is 9.78. The van der Waals surface area contributed by atoms with Crippen molar-refractivity contribution in [1.82, 2.24) is 20.0 Å². The van der Waals surface area contributed by atoms with Crippen LogP contribution < -0.4 is 10.5 Å². The minimum Gasteiger partial charge on any atom is -0.491 e. The van der Waals surface area contributed by atoms with Crippen LogP contribution in [-0.2, 0) is 0 Å². The van der Waals surface area contributed by atoms with Crippen LogP contribution in [0.15, 0.2) is 35.1 Å². The fourth-order valence-corrected chi connectivity index (χ4v) is 3.83. The number of allylic oxidation sites excluding steroid dienone is 1. The van der Waals surface area contributed by atoms with Crippen molar-refractivity contribution in [3.05, 3.63) is 35.8 Å². The van der Waals surface area contributed by atoms with Crippen LogP contribution in [0.25, 0.3) is 10.9 Å². The van der Waals surface area contributed by atoms with Gasteiger partial charge in [-0.2, -0.15) is 5.10 Å². The molecule has 0 spiro atoms. The Balaban J connectivity index is 1.81. The number of fused-ring (bicyclic) bond motifs is 1. The molecule has 1 atom stereocenters. The maximum atomic E-state index is 5.86. The number of rotatable bonds is 8. The van der Waals surface area contributed by atoms with E-state index in [1.165, 1.54) is 12.8 Å². The van der Waals surface area contributed by atoms with Crippen LogP contribution in [0.3, 0.4) is 0 Å². The molecule has 1 unspecified atom stereocenters. The smallest absolute Gasteiger partial charge is 0.126 e. The molecule has 3 N–H and O–H groups in total.